The van der Waals surface area contributed by atoms with Gasteiger partial charge < -0.3 is 10.2 Å². The Morgan fingerprint density at radius 1 is 1.43 bits per heavy atom. The molecule has 5 nitrogen and oxygen atoms in total. The summed E-state index contributed by atoms with van der Waals surface area (Å²) in [6.07, 6.45) is 0.925. The number of benzene rings is 1. The molecule has 0 fully saturated rings. The summed E-state index contributed by atoms with van der Waals surface area (Å²) < 4.78 is 0. The van der Waals surface area contributed by atoms with Crippen LogP contribution in [-0.4, -0.2) is 22.6 Å². The number of H-pyrrole nitrogens is 1. The smallest absolute Gasteiger partial charge is 0.223 e. The summed E-state index contributed by atoms with van der Waals surface area (Å²) in [5.41, 5.74) is 6.70. The van der Waals surface area contributed by atoms with Gasteiger partial charge in [0, 0.05) is 42.6 Å². The lowest BCUT2D eigenvalue weighted by molar-refractivity contribution is -0.116. The predicted octanol–water partition coefficient (Wildman–Crippen LogP) is 2.55. The summed E-state index contributed by atoms with van der Waals surface area (Å²) in [4.78, 5) is 13.4. The standard InChI is InChI=1S/C16H20N4O/c1-10-15(11(2)19-18-10)9-17-14-4-5-16-13(8-14)6-7-20(16)12(3)21/h4-5,8,17H,6-7,9H2,1-3H3,(H,18,19). The van der Waals surface area contributed by atoms with Crippen LogP contribution in [-0.2, 0) is 17.8 Å². The fraction of sp³-hybridized carbons (Fsp3) is 0.375. The summed E-state index contributed by atoms with van der Waals surface area (Å²) in [7, 11) is 0. The van der Waals surface area contributed by atoms with E-state index in [-0.39, 0.29) is 5.91 Å². The Morgan fingerprint density at radius 2 is 2.24 bits per heavy atom. The molecule has 2 aromatic rings. The summed E-state index contributed by atoms with van der Waals surface area (Å²) >= 11 is 0. The van der Waals surface area contributed by atoms with Crippen molar-refractivity contribution in [2.24, 2.45) is 0 Å². The van der Waals surface area contributed by atoms with Gasteiger partial charge in [-0.05, 0) is 44.0 Å². The Labute approximate surface area is 124 Å². The largest absolute Gasteiger partial charge is 0.381 e. The van der Waals surface area contributed by atoms with Gasteiger partial charge in [0.1, 0.15) is 0 Å². The molecule has 0 unspecified atom stereocenters. The van der Waals surface area contributed by atoms with Gasteiger partial charge in [-0.15, -0.1) is 0 Å². The monoisotopic (exact) mass is 284 g/mol. The van der Waals surface area contributed by atoms with E-state index in [1.54, 1.807) is 6.92 Å². The van der Waals surface area contributed by atoms with Crippen LogP contribution in [0.4, 0.5) is 11.4 Å². The number of hydrogen-bond donors (Lipinski definition) is 2. The van der Waals surface area contributed by atoms with E-state index in [9.17, 15) is 4.79 Å². The first-order valence-corrected chi connectivity index (χ1v) is 7.21. The number of carbonyl (C=O) groups is 1. The molecule has 0 bridgehead atoms. The van der Waals surface area contributed by atoms with E-state index in [4.69, 9.17) is 0 Å². The number of nitrogens with one attached hydrogen (secondary N) is 2. The highest BCUT2D eigenvalue weighted by Crippen LogP contribution is 2.30. The Kier molecular flexibility index (Phi) is 3.41. The molecule has 21 heavy (non-hydrogen) atoms. The van der Waals surface area contributed by atoms with Crippen molar-refractivity contribution in [1.82, 2.24) is 10.2 Å². The summed E-state index contributed by atoms with van der Waals surface area (Å²) in [6.45, 7) is 7.20. The van der Waals surface area contributed by atoms with Crippen molar-refractivity contribution in [2.75, 3.05) is 16.8 Å². The lowest BCUT2D eigenvalue weighted by Crippen LogP contribution is -2.25. The fourth-order valence-electron chi connectivity index (χ4n) is 2.86. The van der Waals surface area contributed by atoms with Crippen LogP contribution in [0.2, 0.25) is 0 Å². The molecule has 1 aromatic carbocycles. The summed E-state index contributed by atoms with van der Waals surface area (Å²) in [5, 5.41) is 10.6. The number of fused-ring (bicyclic) bond motifs is 1. The van der Waals surface area contributed by atoms with Gasteiger partial charge in [0.15, 0.2) is 0 Å². The number of hydrogen-bond acceptors (Lipinski definition) is 3. The molecular formula is C16H20N4O. The molecule has 0 spiro atoms. The highest BCUT2D eigenvalue weighted by Gasteiger charge is 2.22. The molecule has 1 aliphatic heterocycles. The van der Waals surface area contributed by atoms with Gasteiger partial charge >= 0.3 is 0 Å². The summed E-state index contributed by atoms with van der Waals surface area (Å²) in [5.74, 6) is 0.110. The second kappa shape index (κ2) is 5.24. The SMILES string of the molecule is CC(=O)N1CCc2cc(NCc3c(C)n[nH]c3C)ccc21. The van der Waals surface area contributed by atoms with Crippen molar-refractivity contribution in [3.63, 3.8) is 0 Å². The lowest BCUT2D eigenvalue weighted by atomic mass is 10.1. The van der Waals surface area contributed by atoms with Crippen LogP contribution >= 0.6 is 0 Å². The van der Waals surface area contributed by atoms with Gasteiger partial charge in [-0.25, -0.2) is 0 Å². The third-order valence-electron chi connectivity index (χ3n) is 4.11. The normalized spacial score (nSPS) is 13.4. The molecule has 1 aromatic heterocycles. The van der Waals surface area contributed by atoms with Crippen LogP contribution in [0.15, 0.2) is 18.2 Å². The van der Waals surface area contributed by atoms with Crippen LogP contribution in [0.25, 0.3) is 0 Å². The lowest BCUT2D eigenvalue weighted by Gasteiger charge is -2.15. The zero-order chi connectivity index (χ0) is 15.0. The first kappa shape index (κ1) is 13.7. The fourth-order valence-corrected chi connectivity index (χ4v) is 2.86. The number of aromatic amines is 1. The Morgan fingerprint density at radius 3 is 2.90 bits per heavy atom. The zero-order valence-corrected chi connectivity index (χ0v) is 12.7. The van der Waals surface area contributed by atoms with Crippen molar-refractivity contribution < 1.29 is 4.79 Å². The number of amides is 1. The number of nitrogens with zero attached hydrogens (tertiary/aromatic N) is 2. The molecule has 1 aliphatic rings. The molecule has 1 amide bonds. The van der Waals surface area contributed by atoms with E-state index >= 15 is 0 Å². The van der Waals surface area contributed by atoms with Gasteiger partial charge in [-0.3, -0.25) is 9.89 Å². The third-order valence-corrected chi connectivity index (χ3v) is 4.11. The van der Waals surface area contributed by atoms with E-state index in [0.29, 0.717) is 0 Å². The highest BCUT2D eigenvalue weighted by atomic mass is 16.2. The molecule has 0 atom stereocenters. The van der Waals surface area contributed by atoms with Crippen LogP contribution < -0.4 is 10.2 Å². The quantitative estimate of drug-likeness (QED) is 0.910. The number of rotatable bonds is 3. The first-order valence-electron chi connectivity index (χ1n) is 7.21. The van der Waals surface area contributed by atoms with Crippen LogP contribution in [0.3, 0.4) is 0 Å². The van der Waals surface area contributed by atoms with E-state index in [0.717, 1.165) is 42.3 Å². The molecule has 0 radical (unpaired) electrons. The second-order valence-electron chi connectivity index (χ2n) is 5.53. The zero-order valence-electron chi connectivity index (χ0n) is 12.7. The van der Waals surface area contributed by atoms with Gasteiger partial charge in [0.05, 0.1) is 5.69 Å². The van der Waals surface area contributed by atoms with Gasteiger partial charge in [0.2, 0.25) is 5.91 Å². The molecule has 2 N–H and O–H groups in total. The van der Waals surface area contributed by atoms with E-state index in [1.807, 2.05) is 30.9 Å². The van der Waals surface area contributed by atoms with Crippen LogP contribution in [0, 0.1) is 13.8 Å². The Balaban J connectivity index is 1.75. The van der Waals surface area contributed by atoms with Gasteiger partial charge in [-0.1, -0.05) is 0 Å². The number of carbonyl (C=O) groups excluding carboxylic acids is 1. The van der Waals surface area contributed by atoms with E-state index < -0.39 is 0 Å². The average molecular weight is 284 g/mol. The Hall–Kier alpha value is -2.30. The van der Waals surface area contributed by atoms with Crippen molar-refractivity contribution in [3.05, 3.63) is 40.7 Å². The second-order valence-corrected chi connectivity index (χ2v) is 5.53. The minimum absolute atomic E-state index is 0.110. The molecule has 0 saturated carbocycles. The molecule has 5 heteroatoms. The van der Waals surface area contributed by atoms with Gasteiger partial charge in [0.25, 0.3) is 0 Å². The molecular weight excluding hydrogens is 264 g/mol. The minimum Gasteiger partial charge on any atom is -0.381 e. The minimum atomic E-state index is 0.110. The van der Waals surface area contributed by atoms with Crippen molar-refractivity contribution in [2.45, 2.75) is 33.7 Å². The van der Waals surface area contributed by atoms with Crippen molar-refractivity contribution >= 4 is 17.3 Å². The third kappa shape index (κ3) is 2.51. The molecule has 110 valence electrons. The maximum absolute atomic E-state index is 11.5. The average Bonchev–Trinajstić information content (AvgIpc) is 3.01. The van der Waals surface area contributed by atoms with Crippen molar-refractivity contribution in [1.29, 1.82) is 0 Å². The van der Waals surface area contributed by atoms with E-state index in [2.05, 4.69) is 21.6 Å². The predicted molar refractivity (Wildman–Crippen MR) is 83.6 cm³/mol. The summed E-state index contributed by atoms with van der Waals surface area (Å²) in [6, 6.07) is 6.20. The highest BCUT2D eigenvalue weighted by molar-refractivity contribution is 5.94. The van der Waals surface area contributed by atoms with Crippen LogP contribution in [0.1, 0.15) is 29.4 Å². The molecule has 0 saturated heterocycles. The number of aromatic nitrogens is 2. The maximum Gasteiger partial charge on any atom is 0.223 e. The topological polar surface area (TPSA) is 61.0 Å². The number of anilines is 2. The van der Waals surface area contributed by atoms with Crippen LogP contribution in [0.5, 0.6) is 0 Å². The maximum atomic E-state index is 11.5. The van der Waals surface area contributed by atoms with Crippen molar-refractivity contribution in [3.8, 4) is 0 Å². The van der Waals surface area contributed by atoms with Gasteiger partial charge in [-0.2, -0.15) is 5.10 Å². The Bertz CT molecular complexity index is 670. The van der Waals surface area contributed by atoms with E-state index in [1.165, 1.54) is 11.1 Å². The molecule has 3 rings (SSSR count). The number of aryl methyl sites for hydroxylation is 2. The molecule has 2 heterocycles. The first-order chi connectivity index (χ1) is 10.1. The molecule has 0 aliphatic carbocycles.